The number of allylic oxidation sites excluding steroid dienone is 1. The van der Waals surface area contributed by atoms with Crippen LogP contribution in [0.4, 0.5) is 5.82 Å². The zero-order valence-electron chi connectivity index (χ0n) is 18.7. The lowest BCUT2D eigenvalue weighted by atomic mass is 9.95. The molecule has 0 radical (unpaired) electrons. The number of aliphatic imine (C=N–C) groups is 1. The van der Waals surface area contributed by atoms with E-state index in [9.17, 15) is 9.59 Å². The Kier molecular flexibility index (Phi) is 5.89. The third-order valence-electron chi connectivity index (χ3n) is 6.00. The van der Waals surface area contributed by atoms with E-state index in [2.05, 4.69) is 20.3 Å². The average Bonchev–Trinajstić information content (AvgIpc) is 3.17. The molecule has 0 bridgehead atoms. The van der Waals surface area contributed by atoms with Gasteiger partial charge in [-0.25, -0.2) is 14.7 Å². The summed E-state index contributed by atoms with van der Waals surface area (Å²) in [6.07, 6.45) is 7.08. The highest BCUT2D eigenvalue weighted by Crippen LogP contribution is 2.27. The van der Waals surface area contributed by atoms with E-state index in [1.165, 1.54) is 6.42 Å². The Morgan fingerprint density at radius 3 is 2.65 bits per heavy atom. The number of carbonyl (C=O) groups excluding carboxylic acids is 2. The molecule has 1 atom stereocenters. The second-order valence-electron chi connectivity index (χ2n) is 8.74. The molecule has 1 unspecified atom stereocenters. The molecular formula is C23H30N6O2. The van der Waals surface area contributed by atoms with Crippen molar-refractivity contribution in [3.63, 3.8) is 0 Å². The highest BCUT2D eigenvalue weighted by atomic mass is 16.2. The third-order valence-corrected chi connectivity index (χ3v) is 6.00. The Morgan fingerprint density at radius 1 is 1.23 bits per heavy atom. The van der Waals surface area contributed by atoms with E-state index < -0.39 is 5.92 Å². The third kappa shape index (κ3) is 4.24. The Morgan fingerprint density at radius 2 is 1.97 bits per heavy atom. The van der Waals surface area contributed by atoms with E-state index in [1.54, 1.807) is 13.1 Å². The number of hydrogen-bond donors (Lipinski definition) is 1. The lowest BCUT2D eigenvalue weighted by Gasteiger charge is -2.28. The van der Waals surface area contributed by atoms with Gasteiger partial charge in [-0.1, -0.05) is 5.57 Å². The largest absolute Gasteiger partial charge is 0.357 e. The van der Waals surface area contributed by atoms with Gasteiger partial charge in [0.15, 0.2) is 5.65 Å². The molecule has 2 aromatic rings. The molecule has 31 heavy (non-hydrogen) atoms. The average molecular weight is 423 g/mol. The normalized spacial score (nSPS) is 19.6. The maximum absolute atomic E-state index is 13.2. The first-order chi connectivity index (χ1) is 14.8. The Hall–Kier alpha value is -3.03. The maximum atomic E-state index is 13.2. The minimum absolute atomic E-state index is 0.131. The molecule has 2 aliphatic rings. The molecule has 1 saturated heterocycles. The summed E-state index contributed by atoms with van der Waals surface area (Å²) in [7, 11) is 0. The van der Waals surface area contributed by atoms with Gasteiger partial charge >= 0.3 is 0 Å². The molecular weight excluding hydrogens is 392 g/mol. The summed E-state index contributed by atoms with van der Waals surface area (Å²) in [5.74, 6) is -0.0464. The number of pyridine rings is 1. The predicted octanol–water partition coefficient (Wildman–Crippen LogP) is 3.30. The van der Waals surface area contributed by atoms with Gasteiger partial charge in [-0.05, 0) is 59.1 Å². The van der Waals surface area contributed by atoms with Crippen LogP contribution in [0.5, 0.6) is 0 Å². The van der Waals surface area contributed by atoms with Gasteiger partial charge in [0.2, 0.25) is 0 Å². The molecule has 2 amide bonds. The number of nitrogens with zero attached hydrogens (tertiary/aromatic N) is 5. The lowest BCUT2D eigenvalue weighted by Crippen LogP contribution is -2.35. The van der Waals surface area contributed by atoms with Crippen LogP contribution >= 0.6 is 0 Å². The molecule has 1 N–H and O–H groups in total. The summed E-state index contributed by atoms with van der Waals surface area (Å²) in [6, 6.07) is 1.99. The van der Waals surface area contributed by atoms with Crippen LogP contribution in [0.25, 0.3) is 11.0 Å². The van der Waals surface area contributed by atoms with Crippen LogP contribution in [0.3, 0.4) is 0 Å². The van der Waals surface area contributed by atoms with E-state index >= 15 is 0 Å². The number of aromatic nitrogens is 3. The van der Waals surface area contributed by atoms with Crippen molar-refractivity contribution >= 4 is 34.4 Å². The van der Waals surface area contributed by atoms with Gasteiger partial charge in [0.1, 0.15) is 5.82 Å². The molecule has 2 aliphatic heterocycles. The number of rotatable bonds is 5. The number of piperidine rings is 1. The van der Waals surface area contributed by atoms with Gasteiger partial charge in [-0.15, -0.1) is 0 Å². The zero-order chi connectivity index (χ0) is 22.1. The zero-order valence-corrected chi connectivity index (χ0v) is 18.7. The summed E-state index contributed by atoms with van der Waals surface area (Å²) in [5, 5.41) is 8.16. The highest BCUT2D eigenvalue weighted by molar-refractivity contribution is 6.07. The second kappa shape index (κ2) is 8.61. The molecule has 4 heterocycles. The number of hydrogen-bond acceptors (Lipinski definition) is 5. The summed E-state index contributed by atoms with van der Waals surface area (Å²) < 4.78 is 1.86. The number of dihydropyridines is 1. The molecule has 0 saturated carbocycles. The number of carbonyl (C=O) groups is 2. The molecule has 1 fully saturated rings. The summed E-state index contributed by atoms with van der Waals surface area (Å²) in [4.78, 5) is 36.7. The number of fused-ring (bicyclic) bond motifs is 1. The standard InChI is InChI=1S/C23H30N6O2/c1-14(2)29-21-19(13-25-29)17(11-20(27-21)28-8-6-5-7-9-28)22(30)24-12-18-15(3)10-16(4)26-23(18)31/h10-11,13-14,18H,5-9,12H2,1-4H3,(H,24,30). The van der Waals surface area contributed by atoms with Crippen molar-refractivity contribution < 1.29 is 9.59 Å². The fraction of sp³-hybridized carbons (Fsp3) is 0.522. The molecule has 2 aromatic heterocycles. The van der Waals surface area contributed by atoms with Crippen molar-refractivity contribution in [2.45, 2.75) is 53.0 Å². The van der Waals surface area contributed by atoms with E-state index in [-0.39, 0.29) is 24.4 Å². The number of anilines is 1. The SMILES string of the molecule is CC1=CC(C)=NC(=O)C1CNC(=O)c1cc(N2CCCCC2)nc2c1cnn2C(C)C. The number of nitrogens with one attached hydrogen (secondary N) is 1. The molecule has 0 spiro atoms. The van der Waals surface area contributed by atoms with Gasteiger partial charge in [0.25, 0.3) is 11.8 Å². The van der Waals surface area contributed by atoms with Crippen LogP contribution in [0, 0.1) is 5.92 Å². The first-order valence-corrected chi connectivity index (χ1v) is 11.0. The van der Waals surface area contributed by atoms with Crippen molar-refractivity contribution in [3.05, 3.63) is 29.5 Å². The molecule has 4 rings (SSSR count). The fourth-order valence-corrected chi connectivity index (χ4v) is 4.30. The fourth-order valence-electron chi connectivity index (χ4n) is 4.30. The van der Waals surface area contributed by atoms with Crippen LogP contribution < -0.4 is 10.2 Å². The molecule has 8 heteroatoms. The number of amides is 2. The van der Waals surface area contributed by atoms with Gasteiger partial charge in [0, 0.05) is 31.4 Å². The maximum Gasteiger partial charge on any atom is 0.254 e. The van der Waals surface area contributed by atoms with Crippen LogP contribution in [-0.2, 0) is 4.79 Å². The Bertz CT molecular complexity index is 1080. The van der Waals surface area contributed by atoms with Crippen LogP contribution in [0.15, 0.2) is 28.9 Å². The van der Waals surface area contributed by atoms with E-state index in [0.717, 1.165) is 42.7 Å². The van der Waals surface area contributed by atoms with Crippen molar-refractivity contribution in [1.82, 2.24) is 20.1 Å². The topological polar surface area (TPSA) is 92.5 Å². The molecule has 8 nitrogen and oxygen atoms in total. The van der Waals surface area contributed by atoms with Crippen molar-refractivity contribution in [2.75, 3.05) is 24.5 Å². The van der Waals surface area contributed by atoms with Crippen LogP contribution in [0.1, 0.15) is 63.4 Å². The highest BCUT2D eigenvalue weighted by Gasteiger charge is 2.26. The first kappa shape index (κ1) is 21.2. The minimum Gasteiger partial charge on any atom is -0.357 e. The van der Waals surface area contributed by atoms with Crippen molar-refractivity contribution in [1.29, 1.82) is 0 Å². The van der Waals surface area contributed by atoms with Crippen molar-refractivity contribution in [2.24, 2.45) is 10.9 Å². The molecule has 164 valence electrons. The molecule has 0 aromatic carbocycles. The Balaban J connectivity index is 1.64. The smallest absolute Gasteiger partial charge is 0.254 e. The van der Waals surface area contributed by atoms with E-state index in [4.69, 9.17) is 4.98 Å². The van der Waals surface area contributed by atoms with Gasteiger partial charge in [-0.3, -0.25) is 9.59 Å². The minimum atomic E-state index is -0.426. The van der Waals surface area contributed by atoms with Crippen LogP contribution in [-0.4, -0.2) is 51.9 Å². The van der Waals surface area contributed by atoms with Gasteiger partial charge < -0.3 is 10.2 Å². The van der Waals surface area contributed by atoms with Gasteiger partial charge in [0.05, 0.1) is 23.1 Å². The second-order valence-corrected chi connectivity index (χ2v) is 8.74. The summed E-state index contributed by atoms with van der Waals surface area (Å²) in [5.41, 5.74) is 2.88. The lowest BCUT2D eigenvalue weighted by molar-refractivity contribution is -0.120. The quantitative estimate of drug-likeness (QED) is 0.798. The van der Waals surface area contributed by atoms with Crippen LogP contribution in [0.2, 0.25) is 0 Å². The van der Waals surface area contributed by atoms with Gasteiger partial charge in [-0.2, -0.15) is 5.10 Å². The summed E-state index contributed by atoms with van der Waals surface area (Å²) >= 11 is 0. The predicted molar refractivity (Wildman–Crippen MR) is 122 cm³/mol. The Labute approximate surface area is 182 Å². The monoisotopic (exact) mass is 422 g/mol. The molecule has 0 aliphatic carbocycles. The first-order valence-electron chi connectivity index (χ1n) is 11.0. The van der Waals surface area contributed by atoms with E-state index in [1.807, 2.05) is 37.6 Å². The summed E-state index contributed by atoms with van der Waals surface area (Å²) in [6.45, 7) is 9.90. The van der Waals surface area contributed by atoms with E-state index in [0.29, 0.717) is 16.9 Å². The van der Waals surface area contributed by atoms with Crippen molar-refractivity contribution in [3.8, 4) is 0 Å².